The molecule has 0 fully saturated rings. The third kappa shape index (κ3) is 2.07. The summed E-state index contributed by atoms with van der Waals surface area (Å²) < 4.78 is 1.67. The Morgan fingerprint density at radius 2 is 2.29 bits per heavy atom. The van der Waals surface area contributed by atoms with E-state index in [-0.39, 0.29) is 17.2 Å². The standard InChI is InChI=1S/C10H11N5O2/c1-2-14-6-7(5-12-14)10-8(15(16)17)3-4-9(11)13-10/h3-6H,2H2,1H3,(H2,11,13). The molecule has 0 bridgehead atoms. The predicted molar refractivity (Wildman–Crippen MR) is 62.2 cm³/mol. The SMILES string of the molecule is CCn1cc(-c2nc(N)ccc2[N+](=O)[O-])cn1. The number of nitro groups is 1. The fourth-order valence-corrected chi connectivity index (χ4v) is 1.49. The van der Waals surface area contributed by atoms with Gasteiger partial charge in [0.2, 0.25) is 0 Å². The fraction of sp³-hybridized carbons (Fsp3) is 0.200. The summed E-state index contributed by atoms with van der Waals surface area (Å²) in [7, 11) is 0. The number of nitrogen functional groups attached to an aromatic ring is 1. The van der Waals surface area contributed by atoms with Gasteiger partial charge in [-0.25, -0.2) is 4.98 Å². The van der Waals surface area contributed by atoms with Crippen LogP contribution in [0.4, 0.5) is 11.5 Å². The molecule has 2 rings (SSSR count). The van der Waals surface area contributed by atoms with Gasteiger partial charge in [0.25, 0.3) is 5.69 Å². The Kier molecular flexibility index (Phi) is 2.73. The van der Waals surface area contributed by atoms with Gasteiger partial charge in [0.1, 0.15) is 5.82 Å². The molecule has 0 saturated carbocycles. The van der Waals surface area contributed by atoms with Crippen molar-refractivity contribution in [1.29, 1.82) is 0 Å². The lowest BCUT2D eigenvalue weighted by atomic mass is 10.2. The molecule has 0 unspecified atom stereocenters. The van der Waals surface area contributed by atoms with Gasteiger partial charge in [-0.05, 0) is 13.0 Å². The van der Waals surface area contributed by atoms with E-state index in [0.29, 0.717) is 12.1 Å². The average molecular weight is 233 g/mol. The number of anilines is 1. The Hall–Kier alpha value is -2.44. The van der Waals surface area contributed by atoms with E-state index in [2.05, 4.69) is 10.1 Å². The molecule has 0 radical (unpaired) electrons. The summed E-state index contributed by atoms with van der Waals surface area (Å²) in [6, 6.07) is 2.76. The van der Waals surface area contributed by atoms with Gasteiger partial charge >= 0.3 is 0 Å². The van der Waals surface area contributed by atoms with Crippen LogP contribution in [-0.2, 0) is 6.54 Å². The zero-order valence-corrected chi connectivity index (χ0v) is 9.20. The first-order valence-corrected chi connectivity index (χ1v) is 5.05. The van der Waals surface area contributed by atoms with Gasteiger partial charge in [0.05, 0.1) is 11.1 Å². The molecule has 0 aliphatic carbocycles. The number of nitrogens with zero attached hydrogens (tertiary/aromatic N) is 4. The van der Waals surface area contributed by atoms with E-state index in [4.69, 9.17) is 5.73 Å². The van der Waals surface area contributed by atoms with E-state index >= 15 is 0 Å². The van der Waals surface area contributed by atoms with Gasteiger partial charge in [-0.2, -0.15) is 5.10 Å². The number of aromatic nitrogens is 3. The van der Waals surface area contributed by atoms with E-state index in [0.717, 1.165) is 0 Å². The first kappa shape index (κ1) is 11.1. The summed E-state index contributed by atoms with van der Waals surface area (Å²) in [5.41, 5.74) is 6.30. The van der Waals surface area contributed by atoms with Crippen LogP contribution in [0.1, 0.15) is 6.92 Å². The van der Waals surface area contributed by atoms with Crippen molar-refractivity contribution in [1.82, 2.24) is 14.8 Å². The summed E-state index contributed by atoms with van der Waals surface area (Å²) in [5, 5.41) is 14.9. The zero-order chi connectivity index (χ0) is 12.4. The van der Waals surface area contributed by atoms with Gasteiger partial charge in [0.15, 0.2) is 5.69 Å². The quantitative estimate of drug-likeness (QED) is 0.638. The van der Waals surface area contributed by atoms with E-state index in [1.165, 1.54) is 18.3 Å². The van der Waals surface area contributed by atoms with Crippen LogP contribution >= 0.6 is 0 Å². The van der Waals surface area contributed by atoms with Gasteiger partial charge in [-0.3, -0.25) is 14.8 Å². The van der Waals surface area contributed by atoms with Gasteiger partial charge < -0.3 is 5.73 Å². The lowest BCUT2D eigenvalue weighted by molar-refractivity contribution is -0.384. The Balaban J connectivity index is 2.56. The third-order valence-electron chi connectivity index (χ3n) is 2.32. The van der Waals surface area contributed by atoms with Crippen LogP contribution in [0.2, 0.25) is 0 Å². The Morgan fingerprint density at radius 3 is 2.88 bits per heavy atom. The molecule has 7 heteroatoms. The number of pyridine rings is 1. The molecule has 2 heterocycles. The van der Waals surface area contributed by atoms with Crippen LogP contribution in [-0.4, -0.2) is 19.7 Å². The molecular formula is C10H11N5O2. The normalized spacial score (nSPS) is 10.4. The monoisotopic (exact) mass is 233 g/mol. The van der Waals surface area contributed by atoms with Gasteiger partial charge in [-0.1, -0.05) is 0 Å². The highest BCUT2D eigenvalue weighted by molar-refractivity contribution is 5.69. The molecule has 0 amide bonds. The molecule has 2 N–H and O–H groups in total. The van der Waals surface area contributed by atoms with E-state index < -0.39 is 4.92 Å². The van der Waals surface area contributed by atoms with Crippen molar-refractivity contribution in [3.63, 3.8) is 0 Å². The largest absolute Gasteiger partial charge is 0.384 e. The number of aryl methyl sites for hydroxylation is 1. The molecule has 0 atom stereocenters. The van der Waals surface area contributed by atoms with E-state index in [1.807, 2.05) is 6.92 Å². The molecule has 0 aliphatic rings. The number of rotatable bonds is 3. The second-order valence-corrected chi connectivity index (χ2v) is 3.45. The third-order valence-corrected chi connectivity index (χ3v) is 2.32. The second-order valence-electron chi connectivity index (χ2n) is 3.45. The van der Waals surface area contributed by atoms with Crippen molar-refractivity contribution in [2.24, 2.45) is 0 Å². The van der Waals surface area contributed by atoms with Crippen molar-refractivity contribution in [2.75, 3.05) is 5.73 Å². The molecule has 0 saturated heterocycles. The van der Waals surface area contributed by atoms with Crippen molar-refractivity contribution >= 4 is 11.5 Å². The second kappa shape index (κ2) is 4.20. The summed E-state index contributed by atoms with van der Waals surface area (Å²) in [4.78, 5) is 14.4. The summed E-state index contributed by atoms with van der Waals surface area (Å²) in [6.07, 6.45) is 3.24. The summed E-state index contributed by atoms with van der Waals surface area (Å²) in [5.74, 6) is 0.245. The molecule has 7 nitrogen and oxygen atoms in total. The van der Waals surface area contributed by atoms with Crippen LogP contribution < -0.4 is 5.73 Å². The molecule has 0 spiro atoms. The lowest BCUT2D eigenvalue weighted by Gasteiger charge is -2.00. The van der Waals surface area contributed by atoms with Gasteiger partial charge in [-0.15, -0.1) is 0 Å². The minimum atomic E-state index is -0.481. The Bertz CT molecular complexity index is 564. The summed E-state index contributed by atoms with van der Waals surface area (Å²) in [6.45, 7) is 2.62. The highest BCUT2D eigenvalue weighted by Gasteiger charge is 2.18. The molecule has 0 aliphatic heterocycles. The van der Waals surface area contributed by atoms with Crippen LogP contribution in [0.3, 0.4) is 0 Å². The van der Waals surface area contributed by atoms with Crippen LogP contribution in [0.15, 0.2) is 24.5 Å². The van der Waals surface area contributed by atoms with Crippen LogP contribution in [0, 0.1) is 10.1 Å². The molecule has 17 heavy (non-hydrogen) atoms. The average Bonchev–Trinajstić information content (AvgIpc) is 2.76. The summed E-state index contributed by atoms with van der Waals surface area (Å²) >= 11 is 0. The fourth-order valence-electron chi connectivity index (χ4n) is 1.49. The van der Waals surface area contributed by atoms with Crippen molar-refractivity contribution in [2.45, 2.75) is 13.5 Å². The number of hydrogen-bond acceptors (Lipinski definition) is 5. The maximum Gasteiger partial charge on any atom is 0.295 e. The Morgan fingerprint density at radius 1 is 1.53 bits per heavy atom. The molecule has 2 aromatic rings. The maximum absolute atomic E-state index is 10.9. The predicted octanol–water partition coefficient (Wildman–Crippen LogP) is 1.46. The van der Waals surface area contributed by atoms with Gasteiger partial charge in [0, 0.05) is 24.4 Å². The number of nitrogens with two attached hydrogens (primary N) is 1. The minimum absolute atomic E-state index is 0.0742. The first-order valence-electron chi connectivity index (χ1n) is 5.05. The van der Waals surface area contributed by atoms with E-state index in [1.54, 1.807) is 10.9 Å². The number of hydrogen-bond donors (Lipinski definition) is 1. The highest BCUT2D eigenvalue weighted by atomic mass is 16.6. The van der Waals surface area contributed by atoms with Crippen LogP contribution in [0.25, 0.3) is 11.3 Å². The smallest absolute Gasteiger partial charge is 0.295 e. The van der Waals surface area contributed by atoms with Crippen LogP contribution in [0.5, 0.6) is 0 Å². The molecular weight excluding hydrogens is 222 g/mol. The molecule has 88 valence electrons. The first-order chi connectivity index (χ1) is 8.11. The van der Waals surface area contributed by atoms with Crippen molar-refractivity contribution < 1.29 is 4.92 Å². The van der Waals surface area contributed by atoms with Crippen molar-refractivity contribution in [3.05, 3.63) is 34.6 Å². The van der Waals surface area contributed by atoms with E-state index in [9.17, 15) is 10.1 Å². The maximum atomic E-state index is 10.9. The topological polar surface area (TPSA) is 99.9 Å². The Labute approximate surface area is 97.0 Å². The molecule has 2 aromatic heterocycles. The lowest BCUT2D eigenvalue weighted by Crippen LogP contribution is -1.98. The zero-order valence-electron chi connectivity index (χ0n) is 9.20. The minimum Gasteiger partial charge on any atom is -0.384 e. The molecule has 0 aromatic carbocycles. The van der Waals surface area contributed by atoms with Crippen molar-refractivity contribution in [3.8, 4) is 11.3 Å². The highest BCUT2D eigenvalue weighted by Crippen LogP contribution is 2.28.